The van der Waals surface area contributed by atoms with Crippen molar-refractivity contribution in [3.63, 3.8) is 0 Å². The highest BCUT2D eigenvalue weighted by Crippen LogP contribution is 2.37. The summed E-state index contributed by atoms with van der Waals surface area (Å²) in [6.07, 6.45) is -3.47. The molecule has 1 saturated heterocycles. The number of hydrogen-bond acceptors (Lipinski definition) is 7. The van der Waals surface area contributed by atoms with Crippen molar-refractivity contribution in [1.82, 2.24) is 9.55 Å². The van der Waals surface area contributed by atoms with Gasteiger partial charge in [0.2, 0.25) is 0 Å². The van der Waals surface area contributed by atoms with Gasteiger partial charge in [-0.1, -0.05) is 0 Å². The second-order valence-electron chi connectivity index (χ2n) is 4.46. The number of anilines is 1. The summed E-state index contributed by atoms with van der Waals surface area (Å²) in [5.41, 5.74) is 2.62. The fraction of sp³-hybridized carbons (Fsp3) is 0.600. The number of halogens is 2. The summed E-state index contributed by atoms with van der Waals surface area (Å²) in [6, 6.07) is 0. The molecule has 10 heteroatoms. The SMILES string of the molecule is Nc1nc(=O)n([C@@H]2O[C@@](CO)(CF)[C@@H](O)[C@@H]2O)cc1Br. The molecule has 112 valence electrons. The van der Waals surface area contributed by atoms with Crippen molar-refractivity contribution in [1.29, 1.82) is 0 Å². The van der Waals surface area contributed by atoms with Gasteiger partial charge in [-0.05, 0) is 15.9 Å². The van der Waals surface area contributed by atoms with E-state index in [0.717, 1.165) is 4.57 Å². The average molecular weight is 354 g/mol. The molecule has 2 rings (SSSR count). The van der Waals surface area contributed by atoms with Crippen LogP contribution in [0.5, 0.6) is 0 Å². The smallest absolute Gasteiger partial charge is 0.351 e. The summed E-state index contributed by atoms with van der Waals surface area (Å²) in [4.78, 5) is 15.2. The standard InChI is InChI=1S/C10H13BrFN3O5/c11-4-1-15(9(19)14-7(4)13)8-5(17)6(18)10(2-12,3-16)20-8/h1,5-6,8,16-18H,2-3H2,(H2,13,14,19)/t5-,6-,8+,10+/m0/s1. The van der Waals surface area contributed by atoms with Gasteiger partial charge in [-0.3, -0.25) is 4.57 Å². The minimum Gasteiger partial charge on any atom is -0.393 e. The molecule has 1 aliphatic heterocycles. The molecule has 0 spiro atoms. The summed E-state index contributed by atoms with van der Waals surface area (Å²) in [6.45, 7) is -2.08. The molecule has 1 aliphatic rings. The number of nitrogens with two attached hydrogens (primary N) is 1. The highest BCUT2D eigenvalue weighted by molar-refractivity contribution is 9.10. The van der Waals surface area contributed by atoms with Crippen molar-refractivity contribution < 1.29 is 24.4 Å². The molecule has 1 fully saturated rings. The molecule has 0 aromatic carbocycles. The van der Waals surface area contributed by atoms with Crippen molar-refractivity contribution in [2.24, 2.45) is 0 Å². The topological polar surface area (TPSA) is 131 Å². The molecule has 20 heavy (non-hydrogen) atoms. The molecule has 0 saturated carbocycles. The van der Waals surface area contributed by atoms with E-state index in [1.165, 1.54) is 6.20 Å². The summed E-state index contributed by atoms with van der Waals surface area (Å²) < 4.78 is 19.3. The fourth-order valence-electron chi connectivity index (χ4n) is 1.99. The van der Waals surface area contributed by atoms with Gasteiger partial charge >= 0.3 is 5.69 Å². The lowest BCUT2D eigenvalue weighted by Crippen LogP contribution is -2.48. The van der Waals surface area contributed by atoms with Crippen LogP contribution in [0.25, 0.3) is 0 Å². The number of ether oxygens (including phenoxy) is 1. The number of aliphatic hydroxyl groups is 3. The van der Waals surface area contributed by atoms with Crippen LogP contribution in [-0.2, 0) is 4.74 Å². The zero-order chi connectivity index (χ0) is 15.1. The maximum Gasteiger partial charge on any atom is 0.351 e. The highest BCUT2D eigenvalue weighted by atomic mass is 79.9. The van der Waals surface area contributed by atoms with Gasteiger partial charge in [-0.2, -0.15) is 4.98 Å². The highest BCUT2D eigenvalue weighted by Gasteiger charge is 2.55. The average Bonchev–Trinajstić information content (AvgIpc) is 2.68. The quantitative estimate of drug-likeness (QED) is 0.522. The van der Waals surface area contributed by atoms with E-state index < -0.39 is 43.0 Å². The van der Waals surface area contributed by atoms with Gasteiger partial charge in [0.1, 0.15) is 24.7 Å². The first kappa shape index (κ1) is 15.3. The fourth-order valence-corrected chi connectivity index (χ4v) is 2.30. The Labute approximate surface area is 120 Å². The van der Waals surface area contributed by atoms with Crippen LogP contribution in [0.15, 0.2) is 15.5 Å². The Bertz CT molecular complexity index is 564. The monoisotopic (exact) mass is 353 g/mol. The van der Waals surface area contributed by atoms with Crippen molar-refractivity contribution in [2.45, 2.75) is 24.0 Å². The largest absolute Gasteiger partial charge is 0.393 e. The number of alkyl halides is 1. The number of aliphatic hydroxyl groups excluding tert-OH is 3. The summed E-state index contributed by atoms with van der Waals surface area (Å²) in [5, 5.41) is 28.9. The summed E-state index contributed by atoms with van der Waals surface area (Å²) in [5.74, 6) is -0.0572. The minimum atomic E-state index is -1.97. The Morgan fingerprint density at radius 1 is 1.60 bits per heavy atom. The van der Waals surface area contributed by atoms with Gasteiger partial charge in [0.05, 0.1) is 11.1 Å². The van der Waals surface area contributed by atoms with Gasteiger partial charge in [-0.15, -0.1) is 0 Å². The lowest BCUT2D eigenvalue weighted by molar-refractivity contribution is -0.138. The van der Waals surface area contributed by atoms with Crippen LogP contribution in [0.1, 0.15) is 6.23 Å². The zero-order valence-electron chi connectivity index (χ0n) is 10.1. The molecule has 1 aromatic rings. The Kier molecular flexibility index (Phi) is 4.12. The molecule has 0 bridgehead atoms. The van der Waals surface area contributed by atoms with Gasteiger partial charge in [0, 0.05) is 6.20 Å². The van der Waals surface area contributed by atoms with E-state index in [4.69, 9.17) is 15.6 Å². The van der Waals surface area contributed by atoms with Crippen molar-refractivity contribution in [2.75, 3.05) is 19.0 Å². The lowest BCUT2D eigenvalue weighted by atomic mass is 9.98. The summed E-state index contributed by atoms with van der Waals surface area (Å²) in [7, 11) is 0. The molecular weight excluding hydrogens is 341 g/mol. The Hall–Kier alpha value is -1.07. The lowest BCUT2D eigenvalue weighted by Gasteiger charge is -2.26. The third-order valence-electron chi connectivity index (χ3n) is 3.21. The normalized spacial score (nSPS) is 33.5. The minimum absolute atomic E-state index is 0.0572. The summed E-state index contributed by atoms with van der Waals surface area (Å²) >= 11 is 3.05. The van der Waals surface area contributed by atoms with Crippen molar-refractivity contribution in [3.05, 3.63) is 21.2 Å². The number of nitrogen functional groups attached to an aromatic ring is 1. The first-order chi connectivity index (χ1) is 9.36. The van der Waals surface area contributed by atoms with E-state index in [-0.39, 0.29) is 10.3 Å². The Morgan fingerprint density at radius 3 is 2.75 bits per heavy atom. The second kappa shape index (κ2) is 5.37. The molecule has 0 unspecified atom stereocenters. The Morgan fingerprint density at radius 2 is 2.25 bits per heavy atom. The van der Waals surface area contributed by atoms with Crippen LogP contribution in [0.4, 0.5) is 10.2 Å². The van der Waals surface area contributed by atoms with Crippen molar-refractivity contribution >= 4 is 21.7 Å². The van der Waals surface area contributed by atoms with Crippen molar-refractivity contribution in [3.8, 4) is 0 Å². The maximum atomic E-state index is 13.0. The Balaban J connectivity index is 2.45. The molecule has 0 amide bonds. The van der Waals surface area contributed by atoms with E-state index in [1.807, 2.05) is 0 Å². The second-order valence-corrected chi connectivity index (χ2v) is 5.32. The van der Waals surface area contributed by atoms with Gasteiger partial charge in [0.15, 0.2) is 11.8 Å². The molecule has 5 N–H and O–H groups in total. The first-order valence-electron chi connectivity index (χ1n) is 5.61. The van der Waals surface area contributed by atoms with Crippen LogP contribution in [0.3, 0.4) is 0 Å². The molecular formula is C10H13BrFN3O5. The van der Waals surface area contributed by atoms with E-state index in [2.05, 4.69) is 20.9 Å². The third kappa shape index (κ3) is 2.23. The molecule has 1 aromatic heterocycles. The molecule has 0 aliphatic carbocycles. The number of nitrogens with zero attached hydrogens (tertiary/aromatic N) is 2. The van der Waals surface area contributed by atoms with E-state index in [0.29, 0.717) is 0 Å². The zero-order valence-corrected chi connectivity index (χ0v) is 11.7. The van der Waals surface area contributed by atoms with Crippen LogP contribution >= 0.6 is 15.9 Å². The predicted octanol–water partition coefficient (Wildman–Crippen LogP) is -1.46. The van der Waals surface area contributed by atoms with Gasteiger partial charge in [-0.25, -0.2) is 9.18 Å². The predicted molar refractivity (Wildman–Crippen MR) is 68.5 cm³/mol. The van der Waals surface area contributed by atoms with Crippen LogP contribution in [0.2, 0.25) is 0 Å². The molecule has 4 atom stereocenters. The van der Waals surface area contributed by atoms with E-state index in [9.17, 15) is 19.4 Å². The van der Waals surface area contributed by atoms with E-state index >= 15 is 0 Å². The number of rotatable bonds is 3. The third-order valence-corrected chi connectivity index (χ3v) is 3.82. The molecule has 2 heterocycles. The first-order valence-corrected chi connectivity index (χ1v) is 6.40. The molecule has 8 nitrogen and oxygen atoms in total. The number of aromatic nitrogens is 2. The van der Waals surface area contributed by atoms with Crippen LogP contribution in [-0.4, -0.2) is 56.0 Å². The van der Waals surface area contributed by atoms with Gasteiger partial charge < -0.3 is 25.8 Å². The van der Waals surface area contributed by atoms with E-state index in [1.54, 1.807) is 0 Å². The molecule has 0 radical (unpaired) electrons. The van der Waals surface area contributed by atoms with Crippen LogP contribution in [0, 0.1) is 0 Å². The number of hydrogen-bond donors (Lipinski definition) is 4. The van der Waals surface area contributed by atoms with Crippen LogP contribution < -0.4 is 11.4 Å². The van der Waals surface area contributed by atoms with Gasteiger partial charge in [0.25, 0.3) is 0 Å². The maximum absolute atomic E-state index is 13.0.